The lowest BCUT2D eigenvalue weighted by molar-refractivity contribution is 0.550. The maximum absolute atomic E-state index is 5.73. The van der Waals surface area contributed by atoms with Crippen LogP contribution in [-0.4, -0.2) is 20.8 Å². The van der Waals surface area contributed by atoms with E-state index in [4.69, 9.17) is 11.6 Å². The molecule has 0 fully saturated rings. The summed E-state index contributed by atoms with van der Waals surface area (Å²) in [6.07, 6.45) is 2.95. The molecule has 0 bridgehead atoms. The van der Waals surface area contributed by atoms with Crippen molar-refractivity contribution in [2.75, 3.05) is 11.2 Å². The molecule has 0 aliphatic rings. The molecule has 0 radical (unpaired) electrons. The summed E-state index contributed by atoms with van der Waals surface area (Å²) in [6.45, 7) is 6.37. The Kier molecular flexibility index (Phi) is 4.80. The fourth-order valence-corrected chi connectivity index (χ4v) is 2.48. The minimum Gasteiger partial charge on any atom is -0.355 e. The van der Waals surface area contributed by atoms with Crippen LogP contribution >= 0.6 is 23.1 Å². The van der Waals surface area contributed by atoms with E-state index in [2.05, 4.69) is 35.4 Å². The smallest absolute Gasteiger partial charge is 0.202 e. The van der Waals surface area contributed by atoms with Gasteiger partial charge in [-0.2, -0.15) is 4.37 Å². The van der Waals surface area contributed by atoms with Crippen LogP contribution in [0.5, 0.6) is 0 Å². The van der Waals surface area contributed by atoms with Crippen LogP contribution in [-0.2, 0) is 6.42 Å². The van der Waals surface area contributed by atoms with Crippen LogP contribution in [0.2, 0.25) is 0 Å². The van der Waals surface area contributed by atoms with E-state index < -0.39 is 0 Å². The van der Waals surface area contributed by atoms with Crippen molar-refractivity contribution in [1.82, 2.24) is 9.36 Å². The van der Waals surface area contributed by atoms with Gasteiger partial charge >= 0.3 is 0 Å². The topological polar surface area (TPSA) is 37.8 Å². The van der Waals surface area contributed by atoms with E-state index in [0.29, 0.717) is 5.88 Å². The highest BCUT2D eigenvalue weighted by molar-refractivity contribution is 7.09. The van der Waals surface area contributed by atoms with E-state index in [9.17, 15) is 0 Å². The molecule has 0 spiro atoms. The monoisotopic (exact) mass is 247 g/mol. The lowest BCUT2D eigenvalue weighted by atomic mass is 10.0. The van der Waals surface area contributed by atoms with E-state index >= 15 is 0 Å². The summed E-state index contributed by atoms with van der Waals surface area (Å²) >= 11 is 7.16. The Labute approximate surface area is 100 Å². The molecule has 0 aromatic carbocycles. The molecule has 1 rings (SSSR count). The van der Waals surface area contributed by atoms with E-state index in [1.807, 2.05) is 0 Å². The van der Waals surface area contributed by atoms with Crippen molar-refractivity contribution < 1.29 is 0 Å². The molecule has 3 nitrogen and oxygen atoms in total. The molecule has 15 heavy (non-hydrogen) atoms. The first-order chi connectivity index (χ1) is 7.07. The van der Waals surface area contributed by atoms with Gasteiger partial charge in [0.05, 0.1) is 0 Å². The maximum Gasteiger partial charge on any atom is 0.202 e. The van der Waals surface area contributed by atoms with Crippen molar-refractivity contribution >= 4 is 28.3 Å². The van der Waals surface area contributed by atoms with Gasteiger partial charge in [-0.25, -0.2) is 4.98 Å². The average Bonchev–Trinajstić information content (AvgIpc) is 2.52. The van der Waals surface area contributed by atoms with E-state index in [-0.39, 0.29) is 5.54 Å². The summed E-state index contributed by atoms with van der Waals surface area (Å²) in [6, 6.07) is 0. The first-order valence-corrected chi connectivity index (χ1v) is 6.55. The van der Waals surface area contributed by atoms with Crippen molar-refractivity contribution in [3.8, 4) is 0 Å². The third-order valence-corrected chi connectivity index (χ3v) is 2.96. The zero-order chi connectivity index (χ0) is 11.3. The second kappa shape index (κ2) is 5.66. The normalized spacial score (nSPS) is 11.7. The number of aromatic nitrogens is 2. The highest BCUT2D eigenvalue weighted by Gasteiger charge is 2.18. The molecule has 0 aliphatic carbocycles. The molecule has 1 aromatic rings. The first kappa shape index (κ1) is 12.7. The van der Waals surface area contributed by atoms with Gasteiger partial charge in [-0.3, -0.25) is 0 Å². The van der Waals surface area contributed by atoms with Crippen molar-refractivity contribution in [1.29, 1.82) is 0 Å². The van der Waals surface area contributed by atoms with Crippen molar-refractivity contribution in [2.24, 2.45) is 0 Å². The van der Waals surface area contributed by atoms with Gasteiger partial charge in [0.25, 0.3) is 0 Å². The molecule has 1 aromatic heterocycles. The highest BCUT2D eigenvalue weighted by atomic mass is 35.5. The summed E-state index contributed by atoms with van der Waals surface area (Å²) in [7, 11) is 0. The van der Waals surface area contributed by atoms with Crippen LogP contribution in [0.4, 0.5) is 5.13 Å². The van der Waals surface area contributed by atoms with E-state index in [1.54, 1.807) is 0 Å². The second-order valence-electron chi connectivity index (χ2n) is 4.21. The minimum absolute atomic E-state index is 0.00916. The largest absolute Gasteiger partial charge is 0.355 e. The van der Waals surface area contributed by atoms with Gasteiger partial charge in [0.2, 0.25) is 5.13 Å². The van der Waals surface area contributed by atoms with Gasteiger partial charge in [0, 0.05) is 29.4 Å². The molecule has 0 saturated heterocycles. The minimum atomic E-state index is -0.00916. The van der Waals surface area contributed by atoms with Gasteiger partial charge in [-0.05, 0) is 26.7 Å². The number of anilines is 1. The lowest BCUT2D eigenvalue weighted by Gasteiger charge is -2.24. The van der Waals surface area contributed by atoms with Crippen LogP contribution in [0.25, 0.3) is 0 Å². The summed E-state index contributed by atoms with van der Waals surface area (Å²) in [4.78, 5) is 4.42. The summed E-state index contributed by atoms with van der Waals surface area (Å²) in [5, 5.41) is 4.26. The lowest BCUT2D eigenvalue weighted by Crippen LogP contribution is -2.31. The van der Waals surface area contributed by atoms with Crippen molar-refractivity contribution in [3.05, 3.63) is 5.82 Å². The first-order valence-electron chi connectivity index (χ1n) is 5.24. The molecular weight excluding hydrogens is 230 g/mol. The predicted octanol–water partition coefficient (Wildman–Crippen LogP) is 3.31. The predicted molar refractivity (Wildman–Crippen MR) is 66.9 cm³/mol. The average molecular weight is 248 g/mol. The Morgan fingerprint density at radius 2 is 2.20 bits per heavy atom. The number of hydrogen-bond donors (Lipinski definition) is 1. The van der Waals surface area contributed by atoms with Gasteiger partial charge in [-0.15, -0.1) is 11.6 Å². The molecule has 0 amide bonds. The second-order valence-corrected chi connectivity index (χ2v) is 5.34. The van der Waals surface area contributed by atoms with Gasteiger partial charge in [0.15, 0.2) is 0 Å². The fraction of sp³-hybridized carbons (Fsp3) is 0.800. The summed E-state index contributed by atoms with van der Waals surface area (Å²) < 4.78 is 4.29. The van der Waals surface area contributed by atoms with Crippen LogP contribution in [0.15, 0.2) is 0 Å². The van der Waals surface area contributed by atoms with Gasteiger partial charge in [-0.1, -0.05) is 6.92 Å². The third kappa shape index (κ3) is 4.34. The van der Waals surface area contributed by atoms with Crippen LogP contribution in [0.1, 0.15) is 39.4 Å². The molecule has 5 heteroatoms. The number of rotatable bonds is 6. The molecule has 0 atom stereocenters. The number of nitrogens with zero attached hydrogens (tertiary/aromatic N) is 2. The Morgan fingerprint density at radius 1 is 1.47 bits per heavy atom. The molecule has 86 valence electrons. The molecule has 0 aliphatic heterocycles. The van der Waals surface area contributed by atoms with Crippen LogP contribution in [0, 0.1) is 0 Å². The Hall–Kier alpha value is -0.350. The molecular formula is C10H18ClN3S. The molecule has 1 heterocycles. The summed E-state index contributed by atoms with van der Waals surface area (Å²) in [5.41, 5.74) is -0.00916. The van der Waals surface area contributed by atoms with Crippen molar-refractivity contribution in [2.45, 2.75) is 45.6 Å². The standard InChI is InChI=1S/C10H18ClN3S/c1-4-5-8-12-9(15-14-8)13-10(2,3)6-7-11/h4-7H2,1-3H3,(H,12,13,14). The number of aryl methyl sites for hydroxylation is 1. The van der Waals surface area contributed by atoms with E-state index in [0.717, 1.165) is 30.2 Å². The molecule has 0 unspecified atom stereocenters. The molecule has 0 saturated carbocycles. The Balaban J connectivity index is 2.56. The number of halogens is 1. The third-order valence-electron chi connectivity index (χ3n) is 2.11. The summed E-state index contributed by atoms with van der Waals surface area (Å²) in [5.74, 6) is 1.59. The van der Waals surface area contributed by atoms with Gasteiger partial charge < -0.3 is 5.32 Å². The quantitative estimate of drug-likeness (QED) is 0.784. The Morgan fingerprint density at radius 3 is 2.80 bits per heavy atom. The number of nitrogens with one attached hydrogen (secondary N) is 1. The zero-order valence-corrected chi connectivity index (χ0v) is 11.1. The highest BCUT2D eigenvalue weighted by Crippen LogP contribution is 2.20. The van der Waals surface area contributed by atoms with Crippen LogP contribution < -0.4 is 5.32 Å². The maximum atomic E-state index is 5.73. The van der Waals surface area contributed by atoms with E-state index in [1.165, 1.54) is 11.5 Å². The SMILES string of the molecule is CCCc1nsc(NC(C)(C)CCCl)n1. The zero-order valence-electron chi connectivity index (χ0n) is 9.51. The fourth-order valence-electron chi connectivity index (χ4n) is 1.22. The number of hydrogen-bond acceptors (Lipinski definition) is 4. The Bertz CT molecular complexity index is 299. The van der Waals surface area contributed by atoms with Crippen LogP contribution in [0.3, 0.4) is 0 Å². The number of alkyl halides is 1. The van der Waals surface area contributed by atoms with Crippen molar-refractivity contribution in [3.63, 3.8) is 0 Å². The molecule has 1 N–H and O–H groups in total. The van der Waals surface area contributed by atoms with Gasteiger partial charge in [0.1, 0.15) is 5.82 Å².